The van der Waals surface area contributed by atoms with Gasteiger partial charge in [-0.15, -0.1) is 0 Å². The third-order valence-corrected chi connectivity index (χ3v) is 5.90. The van der Waals surface area contributed by atoms with Crippen LogP contribution in [-0.2, 0) is 0 Å². The Morgan fingerprint density at radius 2 is 2.09 bits per heavy atom. The van der Waals surface area contributed by atoms with Crippen molar-refractivity contribution in [2.75, 3.05) is 29.9 Å². The highest BCUT2D eigenvalue weighted by atomic mass is 19.1. The van der Waals surface area contributed by atoms with E-state index in [1.807, 2.05) is 17.8 Å². The number of piperidine rings is 1. The zero-order valence-electron chi connectivity index (χ0n) is 17.9. The number of nitrogens with one attached hydrogen (secondary N) is 1. The third-order valence-electron chi connectivity index (χ3n) is 5.90. The van der Waals surface area contributed by atoms with Gasteiger partial charge in [0.05, 0.1) is 23.6 Å². The zero-order valence-corrected chi connectivity index (χ0v) is 17.9. The standard InChI is InChI=1S/C22H27FN8O/c1-14-20(10-26-13-27-14)30-9-7-19(15(11-30)6-8-24)31-12-18(21(25)32)22(29-31)28-17-4-2-16(23)3-5-17/h2-5,10,12-13,15,19H,6-9,11,24H2,1H3,(H2,25,32)(H,28,29). The van der Waals surface area contributed by atoms with Crippen molar-refractivity contribution in [3.8, 4) is 0 Å². The number of aryl methyl sites for hydroxylation is 1. The number of benzene rings is 1. The number of carbonyl (C=O) groups excluding carboxylic acids is 1. The van der Waals surface area contributed by atoms with Crippen molar-refractivity contribution < 1.29 is 9.18 Å². The second-order valence-electron chi connectivity index (χ2n) is 8.00. The number of anilines is 3. The number of amides is 1. The van der Waals surface area contributed by atoms with E-state index in [4.69, 9.17) is 11.5 Å². The van der Waals surface area contributed by atoms with Gasteiger partial charge >= 0.3 is 0 Å². The van der Waals surface area contributed by atoms with Crippen LogP contribution in [0.2, 0.25) is 0 Å². The molecule has 1 aromatic carbocycles. The van der Waals surface area contributed by atoms with E-state index in [0.717, 1.165) is 37.3 Å². The molecule has 3 heterocycles. The summed E-state index contributed by atoms with van der Waals surface area (Å²) in [5.41, 5.74) is 14.4. The molecule has 9 nitrogen and oxygen atoms in total. The highest BCUT2D eigenvalue weighted by Crippen LogP contribution is 2.34. The lowest BCUT2D eigenvalue weighted by Crippen LogP contribution is -2.42. The van der Waals surface area contributed by atoms with Crippen LogP contribution in [-0.4, -0.2) is 45.3 Å². The van der Waals surface area contributed by atoms with Crippen LogP contribution in [0.1, 0.15) is 34.9 Å². The number of rotatable bonds is 7. The first kappa shape index (κ1) is 21.7. The molecule has 3 aromatic rings. The van der Waals surface area contributed by atoms with Crippen molar-refractivity contribution in [1.29, 1.82) is 0 Å². The molecule has 1 fully saturated rings. The Kier molecular flexibility index (Phi) is 6.31. The predicted octanol–water partition coefficient (Wildman–Crippen LogP) is 2.38. The van der Waals surface area contributed by atoms with Crippen LogP contribution in [0.5, 0.6) is 0 Å². The van der Waals surface area contributed by atoms with Gasteiger partial charge in [-0.05, 0) is 50.6 Å². The minimum absolute atomic E-state index is 0.0570. The molecule has 0 saturated carbocycles. The summed E-state index contributed by atoms with van der Waals surface area (Å²) >= 11 is 0. The van der Waals surface area contributed by atoms with Crippen molar-refractivity contribution >= 4 is 23.1 Å². The Hall–Kier alpha value is -3.53. The van der Waals surface area contributed by atoms with E-state index in [0.29, 0.717) is 18.1 Å². The quantitative estimate of drug-likeness (QED) is 0.517. The number of nitrogens with two attached hydrogens (primary N) is 2. The van der Waals surface area contributed by atoms with Gasteiger partial charge in [0.25, 0.3) is 5.91 Å². The van der Waals surface area contributed by atoms with Gasteiger partial charge in [0.1, 0.15) is 17.7 Å². The molecule has 0 spiro atoms. The maximum atomic E-state index is 13.2. The second-order valence-corrected chi connectivity index (χ2v) is 8.00. The van der Waals surface area contributed by atoms with Gasteiger partial charge in [0.2, 0.25) is 0 Å². The molecule has 2 atom stereocenters. The number of aromatic nitrogens is 4. The molecule has 4 rings (SSSR count). The third kappa shape index (κ3) is 4.54. The van der Waals surface area contributed by atoms with Crippen LogP contribution in [0.4, 0.5) is 21.6 Å². The van der Waals surface area contributed by atoms with Gasteiger partial charge in [0, 0.05) is 30.9 Å². The predicted molar refractivity (Wildman–Crippen MR) is 120 cm³/mol. The smallest absolute Gasteiger partial charge is 0.254 e. The lowest BCUT2D eigenvalue weighted by atomic mass is 9.89. The van der Waals surface area contributed by atoms with E-state index in [9.17, 15) is 9.18 Å². The van der Waals surface area contributed by atoms with Crippen molar-refractivity contribution in [2.24, 2.45) is 17.4 Å². The zero-order chi connectivity index (χ0) is 22.7. The molecular weight excluding hydrogens is 411 g/mol. The highest BCUT2D eigenvalue weighted by molar-refractivity contribution is 5.98. The summed E-state index contributed by atoms with van der Waals surface area (Å²) < 4.78 is 15.0. The molecule has 2 unspecified atom stereocenters. The van der Waals surface area contributed by atoms with Gasteiger partial charge in [-0.3, -0.25) is 9.48 Å². The summed E-state index contributed by atoms with van der Waals surface area (Å²) in [4.78, 5) is 22.8. The summed E-state index contributed by atoms with van der Waals surface area (Å²) in [6.07, 6.45) is 6.70. The van der Waals surface area contributed by atoms with Crippen LogP contribution in [0, 0.1) is 18.7 Å². The van der Waals surface area contributed by atoms with E-state index in [1.165, 1.54) is 12.1 Å². The lowest BCUT2D eigenvalue weighted by molar-refractivity contribution is 0.100. The molecule has 10 heteroatoms. The normalized spacial score (nSPS) is 18.5. The van der Waals surface area contributed by atoms with Crippen molar-refractivity contribution in [2.45, 2.75) is 25.8 Å². The highest BCUT2D eigenvalue weighted by Gasteiger charge is 2.32. The average molecular weight is 439 g/mol. The van der Waals surface area contributed by atoms with E-state index >= 15 is 0 Å². The molecule has 0 aliphatic carbocycles. The molecule has 1 saturated heterocycles. The molecule has 168 valence electrons. The first-order chi connectivity index (χ1) is 15.5. The van der Waals surface area contributed by atoms with Gasteiger partial charge < -0.3 is 21.7 Å². The minimum atomic E-state index is -0.578. The van der Waals surface area contributed by atoms with Crippen LogP contribution < -0.4 is 21.7 Å². The SMILES string of the molecule is Cc1ncncc1N1CCC(n2cc(C(N)=O)c(Nc3ccc(F)cc3)n2)C(CCN)C1. The Morgan fingerprint density at radius 3 is 2.78 bits per heavy atom. The monoisotopic (exact) mass is 438 g/mol. The Bertz CT molecular complexity index is 1080. The molecule has 5 N–H and O–H groups in total. The summed E-state index contributed by atoms with van der Waals surface area (Å²) in [6, 6.07) is 5.90. The van der Waals surface area contributed by atoms with Gasteiger partial charge in [0.15, 0.2) is 5.82 Å². The van der Waals surface area contributed by atoms with E-state index in [-0.39, 0.29) is 23.3 Å². The van der Waals surface area contributed by atoms with Crippen LogP contribution >= 0.6 is 0 Å². The number of primary amides is 1. The van der Waals surface area contributed by atoms with Crippen molar-refractivity contribution in [3.63, 3.8) is 0 Å². The fourth-order valence-electron chi connectivity index (χ4n) is 4.28. The molecule has 0 bridgehead atoms. The van der Waals surface area contributed by atoms with Crippen LogP contribution in [0.15, 0.2) is 43.0 Å². The Morgan fingerprint density at radius 1 is 1.31 bits per heavy atom. The minimum Gasteiger partial charge on any atom is -0.368 e. The van der Waals surface area contributed by atoms with Gasteiger partial charge in [-0.25, -0.2) is 14.4 Å². The molecule has 1 amide bonds. The summed E-state index contributed by atoms with van der Waals surface area (Å²) in [5, 5.41) is 7.73. The largest absolute Gasteiger partial charge is 0.368 e. The topological polar surface area (TPSA) is 128 Å². The second kappa shape index (κ2) is 9.31. The molecular formula is C22H27FN8O. The first-order valence-electron chi connectivity index (χ1n) is 10.6. The maximum Gasteiger partial charge on any atom is 0.254 e. The molecule has 0 radical (unpaired) electrons. The summed E-state index contributed by atoms with van der Waals surface area (Å²) in [6.45, 7) is 4.10. The van der Waals surface area contributed by atoms with Crippen LogP contribution in [0.25, 0.3) is 0 Å². The molecule has 1 aliphatic heterocycles. The lowest BCUT2D eigenvalue weighted by Gasteiger charge is -2.40. The molecule has 1 aliphatic rings. The number of hydrogen-bond acceptors (Lipinski definition) is 7. The summed E-state index contributed by atoms with van der Waals surface area (Å²) in [7, 11) is 0. The Balaban J connectivity index is 1.59. The molecule has 2 aromatic heterocycles. The number of hydrogen-bond donors (Lipinski definition) is 3. The fourth-order valence-corrected chi connectivity index (χ4v) is 4.28. The summed E-state index contributed by atoms with van der Waals surface area (Å²) in [5.74, 6) is -0.352. The Labute approximate surface area is 185 Å². The average Bonchev–Trinajstić information content (AvgIpc) is 3.20. The van der Waals surface area contributed by atoms with E-state index < -0.39 is 5.91 Å². The molecule has 32 heavy (non-hydrogen) atoms. The van der Waals surface area contributed by atoms with Crippen molar-refractivity contribution in [1.82, 2.24) is 19.7 Å². The number of nitrogens with zero attached hydrogens (tertiary/aromatic N) is 5. The first-order valence-corrected chi connectivity index (χ1v) is 10.6. The van der Waals surface area contributed by atoms with E-state index in [2.05, 4.69) is 25.3 Å². The van der Waals surface area contributed by atoms with Crippen molar-refractivity contribution in [3.05, 3.63) is 60.1 Å². The maximum absolute atomic E-state index is 13.2. The van der Waals surface area contributed by atoms with Crippen LogP contribution in [0.3, 0.4) is 0 Å². The fraction of sp³-hybridized carbons (Fsp3) is 0.364. The van der Waals surface area contributed by atoms with Gasteiger partial charge in [-0.2, -0.15) is 5.10 Å². The van der Waals surface area contributed by atoms with Gasteiger partial charge in [-0.1, -0.05) is 0 Å². The number of halogens is 1. The number of carbonyl (C=O) groups is 1. The van der Waals surface area contributed by atoms with E-state index in [1.54, 1.807) is 24.7 Å².